The van der Waals surface area contributed by atoms with Crippen molar-refractivity contribution < 1.29 is 9.90 Å². The van der Waals surface area contributed by atoms with E-state index in [0.29, 0.717) is 4.86 Å². The molecule has 0 aliphatic heterocycles. The highest BCUT2D eigenvalue weighted by Gasteiger charge is 2.03. The Morgan fingerprint density at radius 3 is 2.00 bits per heavy atom. The molecule has 2 nitrogen and oxygen atoms in total. The van der Waals surface area contributed by atoms with E-state index in [1.165, 1.54) is 6.92 Å². The fourth-order valence-electron chi connectivity index (χ4n) is 0.430. The van der Waals surface area contributed by atoms with Gasteiger partial charge in [0.2, 0.25) is 0 Å². The first-order chi connectivity index (χ1) is 4.09. The zero-order valence-electron chi connectivity index (χ0n) is 5.34. The maximum absolute atomic E-state index is 10.5. The van der Waals surface area contributed by atoms with Crippen molar-refractivity contribution in [1.82, 2.24) is 0 Å². The number of hydrogen-bond donors (Lipinski definition) is 1. The molecule has 0 spiro atoms. The molecule has 1 N–H and O–H groups in total. The van der Waals surface area contributed by atoms with Gasteiger partial charge in [-0.05, 0) is 13.8 Å². The van der Waals surface area contributed by atoms with Gasteiger partial charge in [-0.15, -0.1) is 0 Å². The Kier molecular flexibility index (Phi) is 3.09. The lowest BCUT2D eigenvalue weighted by Gasteiger charge is -1.94. The van der Waals surface area contributed by atoms with Crippen LogP contribution in [0.5, 0.6) is 0 Å². The quantitative estimate of drug-likeness (QED) is 0.361. The van der Waals surface area contributed by atoms with Crippen LogP contribution in [-0.4, -0.2) is 15.8 Å². The van der Waals surface area contributed by atoms with Gasteiger partial charge in [0.15, 0.2) is 5.78 Å². The Labute approximate surface area is 59.2 Å². The summed E-state index contributed by atoms with van der Waals surface area (Å²) in [5.74, 6) is -0.204. The zero-order chi connectivity index (χ0) is 7.44. The van der Waals surface area contributed by atoms with E-state index in [4.69, 9.17) is 5.11 Å². The van der Waals surface area contributed by atoms with Gasteiger partial charge in [-0.25, -0.2) is 0 Å². The highest BCUT2D eigenvalue weighted by molar-refractivity contribution is 7.80. The fraction of sp³-hybridized carbons (Fsp3) is 0.333. The van der Waals surface area contributed by atoms with E-state index >= 15 is 0 Å². The molecule has 0 aromatic carbocycles. The Balaban J connectivity index is 4.38. The van der Waals surface area contributed by atoms with Crippen LogP contribution in [0.15, 0.2) is 11.8 Å². The largest absolute Gasteiger partial charge is 0.515 e. The average molecular weight is 144 g/mol. The number of aliphatic hydroxyl groups excluding tert-OH is 1. The van der Waals surface area contributed by atoms with Crippen molar-refractivity contribution in [2.45, 2.75) is 13.8 Å². The molecule has 0 unspecified atom stereocenters. The molecule has 0 heterocycles. The standard InChI is InChI=1S/C6H8O2S/c1-4(8)6(3-7)5(2)9/h3,7H,1-2H3/b6-3-. The number of allylic oxidation sites excluding steroid dienone is 1. The SMILES string of the molecule is CC(=O)/C(=C/O)C(C)=S. The van der Waals surface area contributed by atoms with E-state index in [1.807, 2.05) is 0 Å². The Morgan fingerprint density at radius 2 is 2.00 bits per heavy atom. The minimum absolute atomic E-state index is 0.204. The van der Waals surface area contributed by atoms with Gasteiger partial charge in [0.25, 0.3) is 0 Å². The van der Waals surface area contributed by atoms with Crippen molar-refractivity contribution in [2.24, 2.45) is 0 Å². The summed E-state index contributed by atoms with van der Waals surface area (Å²) in [6.07, 6.45) is 0.741. The lowest BCUT2D eigenvalue weighted by atomic mass is 10.1. The molecule has 0 fully saturated rings. The number of thiocarbonyl (C=S) groups is 1. The van der Waals surface area contributed by atoms with Crippen LogP contribution < -0.4 is 0 Å². The van der Waals surface area contributed by atoms with Crippen molar-refractivity contribution in [2.75, 3.05) is 0 Å². The number of carbonyl (C=O) groups excluding carboxylic acids is 1. The number of ketones is 1. The summed E-state index contributed by atoms with van der Waals surface area (Å²) in [6.45, 7) is 2.96. The Bertz CT molecular complexity index is 154. The molecule has 0 amide bonds. The highest BCUT2D eigenvalue weighted by atomic mass is 32.1. The summed E-state index contributed by atoms with van der Waals surface area (Å²) in [7, 11) is 0. The van der Waals surface area contributed by atoms with Crippen LogP contribution >= 0.6 is 12.2 Å². The molecule has 50 valence electrons. The second kappa shape index (κ2) is 3.35. The van der Waals surface area contributed by atoms with Crippen LogP contribution in [0.2, 0.25) is 0 Å². The molecule has 0 radical (unpaired) electrons. The summed E-state index contributed by atoms with van der Waals surface area (Å²) >= 11 is 4.64. The van der Waals surface area contributed by atoms with Crippen molar-refractivity contribution in [1.29, 1.82) is 0 Å². The zero-order valence-corrected chi connectivity index (χ0v) is 6.16. The Morgan fingerprint density at radius 1 is 1.56 bits per heavy atom. The van der Waals surface area contributed by atoms with E-state index in [0.717, 1.165) is 6.26 Å². The summed E-state index contributed by atoms with van der Waals surface area (Å²) < 4.78 is 0. The number of rotatable bonds is 2. The average Bonchev–Trinajstić information content (AvgIpc) is 1.64. The van der Waals surface area contributed by atoms with Crippen molar-refractivity contribution in [3.8, 4) is 0 Å². The van der Waals surface area contributed by atoms with E-state index in [9.17, 15) is 4.79 Å². The van der Waals surface area contributed by atoms with Gasteiger partial charge < -0.3 is 5.11 Å². The molecule has 0 bridgehead atoms. The highest BCUT2D eigenvalue weighted by Crippen LogP contribution is 1.97. The van der Waals surface area contributed by atoms with Gasteiger partial charge >= 0.3 is 0 Å². The van der Waals surface area contributed by atoms with Gasteiger partial charge in [-0.1, -0.05) is 12.2 Å². The summed E-state index contributed by atoms with van der Waals surface area (Å²) in [4.78, 5) is 10.9. The Hall–Kier alpha value is -0.700. The van der Waals surface area contributed by atoms with E-state index in [-0.39, 0.29) is 11.4 Å². The fourth-order valence-corrected chi connectivity index (χ4v) is 0.626. The number of Topliss-reactive ketones (excluding diaryl/α,β-unsaturated/α-hetero) is 1. The van der Waals surface area contributed by atoms with Crippen LogP contribution in [-0.2, 0) is 4.79 Å². The number of aliphatic hydroxyl groups is 1. The van der Waals surface area contributed by atoms with Crippen molar-refractivity contribution in [3.05, 3.63) is 11.8 Å². The topological polar surface area (TPSA) is 37.3 Å². The molecule has 0 aliphatic carbocycles. The molecule has 0 rings (SSSR count). The minimum Gasteiger partial charge on any atom is -0.515 e. The molecule has 0 aliphatic rings. The second-order valence-electron chi connectivity index (χ2n) is 1.66. The summed E-state index contributed by atoms with van der Waals surface area (Å²) in [5, 5.41) is 8.40. The lowest BCUT2D eigenvalue weighted by Crippen LogP contribution is -2.03. The van der Waals surface area contributed by atoms with Crippen LogP contribution in [0.25, 0.3) is 0 Å². The monoisotopic (exact) mass is 144 g/mol. The van der Waals surface area contributed by atoms with Crippen LogP contribution in [0, 0.1) is 0 Å². The molecule has 3 heteroatoms. The lowest BCUT2D eigenvalue weighted by molar-refractivity contribution is -0.113. The molecule has 0 saturated carbocycles. The maximum Gasteiger partial charge on any atom is 0.163 e. The first kappa shape index (κ1) is 8.30. The predicted molar refractivity (Wildman–Crippen MR) is 39.7 cm³/mol. The van der Waals surface area contributed by atoms with Crippen LogP contribution in [0.3, 0.4) is 0 Å². The van der Waals surface area contributed by atoms with E-state index in [2.05, 4.69) is 12.2 Å². The number of hydrogen-bond acceptors (Lipinski definition) is 3. The molecule has 0 aromatic rings. The van der Waals surface area contributed by atoms with Crippen LogP contribution in [0.1, 0.15) is 13.8 Å². The third-order valence-corrected chi connectivity index (χ3v) is 1.11. The molecule has 0 atom stereocenters. The molecule has 0 aromatic heterocycles. The third kappa shape index (κ3) is 2.37. The summed E-state index contributed by atoms with van der Waals surface area (Å²) in [6, 6.07) is 0. The van der Waals surface area contributed by atoms with Gasteiger partial charge in [0, 0.05) is 4.86 Å². The molecule has 9 heavy (non-hydrogen) atoms. The molecular weight excluding hydrogens is 136 g/mol. The van der Waals surface area contributed by atoms with Crippen molar-refractivity contribution >= 4 is 22.9 Å². The molecular formula is C6H8O2S. The normalized spacial score (nSPS) is 11.1. The van der Waals surface area contributed by atoms with E-state index < -0.39 is 0 Å². The third-order valence-electron chi connectivity index (χ3n) is 0.888. The van der Waals surface area contributed by atoms with Gasteiger partial charge in [-0.2, -0.15) is 0 Å². The first-order valence-electron chi connectivity index (χ1n) is 2.46. The number of carbonyl (C=O) groups is 1. The van der Waals surface area contributed by atoms with Gasteiger partial charge in [-0.3, -0.25) is 4.79 Å². The van der Waals surface area contributed by atoms with Gasteiger partial charge in [0.05, 0.1) is 11.8 Å². The smallest absolute Gasteiger partial charge is 0.163 e. The van der Waals surface area contributed by atoms with Crippen LogP contribution in [0.4, 0.5) is 0 Å². The summed E-state index contributed by atoms with van der Waals surface area (Å²) in [5.41, 5.74) is 0.213. The second-order valence-corrected chi connectivity index (χ2v) is 2.27. The minimum atomic E-state index is -0.204. The van der Waals surface area contributed by atoms with E-state index in [1.54, 1.807) is 6.92 Å². The van der Waals surface area contributed by atoms with Crippen molar-refractivity contribution in [3.63, 3.8) is 0 Å². The maximum atomic E-state index is 10.5. The first-order valence-corrected chi connectivity index (χ1v) is 2.86. The predicted octanol–water partition coefficient (Wildman–Crippen LogP) is 1.41. The molecule has 0 saturated heterocycles. The van der Waals surface area contributed by atoms with Gasteiger partial charge in [0.1, 0.15) is 0 Å².